The fourth-order valence-corrected chi connectivity index (χ4v) is 2.08. The number of hydrogen-bond acceptors (Lipinski definition) is 4. The lowest BCUT2D eigenvalue weighted by molar-refractivity contribution is -0.390. The Kier molecular flexibility index (Phi) is 4.03. The third-order valence-corrected chi connectivity index (χ3v) is 3.01. The summed E-state index contributed by atoms with van der Waals surface area (Å²) in [7, 11) is 0. The Morgan fingerprint density at radius 2 is 2.33 bits per heavy atom. The zero-order chi connectivity index (χ0) is 13.0. The van der Waals surface area contributed by atoms with Gasteiger partial charge in [0.05, 0.1) is 17.8 Å². The van der Waals surface area contributed by atoms with Gasteiger partial charge in [-0.2, -0.15) is 4.68 Å². The van der Waals surface area contributed by atoms with Crippen molar-refractivity contribution in [2.24, 2.45) is 0 Å². The average molecular weight is 311 g/mol. The van der Waals surface area contributed by atoms with Crippen LogP contribution in [0.25, 0.3) is 0 Å². The molecule has 2 rings (SSSR count). The summed E-state index contributed by atoms with van der Waals surface area (Å²) in [4.78, 5) is 14.2. The molecule has 0 atom stereocenters. The van der Waals surface area contributed by atoms with E-state index in [1.165, 1.54) is 0 Å². The number of nitrogens with zero attached hydrogens (tertiary/aromatic N) is 4. The number of aryl methyl sites for hydroxylation is 2. The first kappa shape index (κ1) is 12.7. The third kappa shape index (κ3) is 3.13. The van der Waals surface area contributed by atoms with Crippen molar-refractivity contribution in [1.82, 2.24) is 14.8 Å². The van der Waals surface area contributed by atoms with Crippen LogP contribution in [0.1, 0.15) is 12.0 Å². The highest BCUT2D eigenvalue weighted by Gasteiger charge is 2.17. The van der Waals surface area contributed by atoms with Crippen LogP contribution in [0.5, 0.6) is 0 Å². The first-order valence-corrected chi connectivity index (χ1v) is 6.22. The molecule has 0 aromatic carbocycles. The largest absolute Gasteiger partial charge is 0.404 e. The van der Waals surface area contributed by atoms with Gasteiger partial charge in [0, 0.05) is 12.4 Å². The molecule has 0 radical (unpaired) electrons. The average Bonchev–Trinajstić information content (AvgIpc) is 2.72. The highest BCUT2D eigenvalue weighted by atomic mass is 79.9. The van der Waals surface area contributed by atoms with Gasteiger partial charge in [0.1, 0.15) is 4.47 Å². The summed E-state index contributed by atoms with van der Waals surface area (Å²) in [5.41, 5.74) is 1.15. The van der Waals surface area contributed by atoms with Crippen LogP contribution in [0.4, 0.5) is 5.82 Å². The molecule has 0 amide bonds. The van der Waals surface area contributed by atoms with E-state index in [0.29, 0.717) is 11.0 Å². The predicted octanol–water partition coefficient (Wildman–Crippen LogP) is 2.58. The van der Waals surface area contributed by atoms with Crippen molar-refractivity contribution < 1.29 is 4.92 Å². The Hall–Kier alpha value is -1.76. The maximum atomic E-state index is 10.6. The number of aromatic nitrogens is 3. The summed E-state index contributed by atoms with van der Waals surface area (Å²) in [5.74, 6) is -0.142. The van der Waals surface area contributed by atoms with Gasteiger partial charge in [-0.25, -0.2) is 0 Å². The minimum absolute atomic E-state index is 0.142. The SMILES string of the molecule is O=[N+]([O-])c1nn(CCCc2cccnc2)cc1Br. The molecule has 0 saturated heterocycles. The molecule has 2 heterocycles. The van der Waals surface area contributed by atoms with Crippen molar-refractivity contribution in [1.29, 1.82) is 0 Å². The molecular weight excluding hydrogens is 300 g/mol. The van der Waals surface area contributed by atoms with Crippen LogP contribution in [0.3, 0.4) is 0 Å². The Labute approximate surface area is 112 Å². The lowest BCUT2D eigenvalue weighted by atomic mass is 10.2. The van der Waals surface area contributed by atoms with Crippen LogP contribution in [0.2, 0.25) is 0 Å². The van der Waals surface area contributed by atoms with Crippen molar-refractivity contribution in [3.63, 3.8) is 0 Å². The highest BCUT2D eigenvalue weighted by molar-refractivity contribution is 9.10. The normalized spacial score (nSPS) is 10.5. The monoisotopic (exact) mass is 310 g/mol. The summed E-state index contributed by atoms with van der Waals surface area (Å²) in [5, 5.41) is 14.5. The van der Waals surface area contributed by atoms with Crippen molar-refractivity contribution in [3.05, 3.63) is 50.9 Å². The lowest BCUT2D eigenvalue weighted by Gasteiger charge is -1.98. The minimum atomic E-state index is -0.498. The smallest absolute Gasteiger partial charge is 0.358 e. The molecule has 7 heteroatoms. The van der Waals surface area contributed by atoms with Crippen molar-refractivity contribution in [3.8, 4) is 0 Å². The summed E-state index contributed by atoms with van der Waals surface area (Å²) in [6.07, 6.45) is 6.91. The molecule has 0 aliphatic carbocycles. The van der Waals surface area contributed by atoms with Crippen molar-refractivity contribution >= 4 is 21.7 Å². The molecule has 0 N–H and O–H groups in total. The maximum Gasteiger partial charge on any atom is 0.404 e. The summed E-state index contributed by atoms with van der Waals surface area (Å²) in [6, 6.07) is 3.90. The molecule has 18 heavy (non-hydrogen) atoms. The molecule has 0 aliphatic heterocycles. The highest BCUT2D eigenvalue weighted by Crippen LogP contribution is 2.22. The van der Waals surface area contributed by atoms with Crippen LogP contribution < -0.4 is 0 Å². The Morgan fingerprint density at radius 1 is 1.50 bits per heavy atom. The molecule has 0 saturated carbocycles. The van der Waals surface area contributed by atoms with Gasteiger partial charge < -0.3 is 10.1 Å². The third-order valence-electron chi connectivity index (χ3n) is 2.45. The Balaban J connectivity index is 1.91. The van der Waals surface area contributed by atoms with Gasteiger partial charge in [0.2, 0.25) is 0 Å². The minimum Gasteiger partial charge on any atom is -0.358 e. The Morgan fingerprint density at radius 3 is 2.94 bits per heavy atom. The second-order valence-corrected chi connectivity index (χ2v) is 4.64. The van der Waals surface area contributed by atoms with E-state index in [1.807, 2.05) is 18.3 Å². The fraction of sp³-hybridized carbons (Fsp3) is 0.273. The molecule has 2 aromatic heterocycles. The molecule has 94 valence electrons. The molecule has 2 aromatic rings. The van der Waals surface area contributed by atoms with E-state index in [0.717, 1.165) is 18.4 Å². The second-order valence-electron chi connectivity index (χ2n) is 3.79. The molecule has 0 aliphatic rings. The van der Waals surface area contributed by atoms with E-state index < -0.39 is 4.92 Å². The van der Waals surface area contributed by atoms with E-state index in [2.05, 4.69) is 26.0 Å². The van der Waals surface area contributed by atoms with Crippen LogP contribution in [0, 0.1) is 10.1 Å². The zero-order valence-electron chi connectivity index (χ0n) is 9.49. The molecule has 0 spiro atoms. The van der Waals surface area contributed by atoms with Gasteiger partial charge in [-0.05, 0) is 45.3 Å². The topological polar surface area (TPSA) is 73.8 Å². The number of pyridine rings is 1. The Bertz CT molecular complexity index is 541. The van der Waals surface area contributed by atoms with E-state index in [4.69, 9.17) is 0 Å². The van der Waals surface area contributed by atoms with E-state index in [9.17, 15) is 10.1 Å². The van der Waals surface area contributed by atoms with Crippen LogP contribution in [-0.4, -0.2) is 19.7 Å². The number of hydrogen-bond donors (Lipinski definition) is 0. The lowest BCUT2D eigenvalue weighted by Crippen LogP contribution is -2.01. The number of nitro groups is 1. The predicted molar refractivity (Wildman–Crippen MR) is 69.1 cm³/mol. The second kappa shape index (κ2) is 5.72. The number of halogens is 1. The summed E-state index contributed by atoms with van der Waals surface area (Å²) < 4.78 is 1.99. The van der Waals surface area contributed by atoms with Crippen molar-refractivity contribution in [2.45, 2.75) is 19.4 Å². The quantitative estimate of drug-likeness (QED) is 0.628. The van der Waals surface area contributed by atoms with Crippen LogP contribution in [-0.2, 0) is 13.0 Å². The first-order chi connectivity index (χ1) is 8.66. The maximum absolute atomic E-state index is 10.6. The van der Waals surface area contributed by atoms with Gasteiger partial charge >= 0.3 is 5.82 Å². The van der Waals surface area contributed by atoms with Crippen molar-refractivity contribution in [2.75, 3.05) is 0 Å². The summed E-state index contributed by atoms with van der Waals surface area (Å²) >= 11 is 3.12. The zero-order valence-corrected chi connectivity index (χ0v) is 11.1. The van der Waals surface area contributed by atoms with Crippen LogP contribution >= 0.6 is 15.9 Å². The van der Waals surface area contributed by atoms with Gasteiger partial charge in [0.15, 0.2) is 0 Å². The molecule has 0 unspecified atom stereocenters. The van der Waals surface area contributed by atoms with Crippen LogP contribution in [0.15, 0.2) is 35.2 Å². The molecular formula is C11H11BrN4O2. The summed E-state index contributed by atoms with van der Waals surface area (Å²) in [6.45, 7) is 0.640. The van der Waals surface area contributed by atoms with E-state index in [-0.39, 0.29) is 5.82 Å². The number of rotatable bonds is 5. The molecule has 0 bridgehead atoms. The fourth-order valence-electron chi connectivity index (χ4n) is 1.62. The van der Waals surface area contributed by atoms with E-state index in [1.54, 1.807) is 17.1 Å². The van der Waals surface area contributed by atoms with Gasteiger partial charge in [-0.3, -0.25) is 4.98 Å². The van der Waals surface area contributed by atoms with Gasteiger partial charge in [-0.15, -0.1) is 0 Å². The van der Waals surface area contributed by atoms with E-state index >= 15 is 0 Å². The molecule has 6 nitrogen and oxygen atoms in total. The first-order valence-electron chi connectivity index (χ1n) is 5.43. The molecule has 0 fully saturated rings. The standard InChI is InChI=1S/C11H11BrN4O2/c12-10-8-15(14-11(10)16(17)18)6-2-4-9-3-1-5-13-7-9/h1,3,5,7-8H,2,4,6H2. The van der Waals surface area contributed by atoms with Gasteiger partial charge in [0.25, 0.3) is 0 Å². The van der Waals surface area contributed by atoms with Gasteiger partial charge in [-0.1, -0.05) is 6.07 Å².